The topological polar surface area (TPSA) is 145 Å². The number of nitrogens with zero attached hydrogens (tertiary/aromatic N) is 2. The molecule has 10 nitrogen and oxygen atoms in total. The minimum Gasteiger partial charge on any atom is -0.480 e. The Hall–Kier alpha value is -2.20. The summed E-state index contributed by atoms with van der Waals surface area (Å²) in [7, 11) is 0. The molecule has 0 aliphatic heterocycles. The maximum absolute atomic E-state index is 11.5. The fourth-order valence-electron chi connectivity index (χ4n) is 2.22. The van der Waals surface area contributed by atoms with Crippen LogP contribution in [0.5, 0.6) is 0 Å². The Labute approximate surface area is 152 Å². The third kappa shape index (κ3) is 14.2. The molecule has 0 saturated heterocycles. The Balaban J connectivity index is 4.40. The number of carbonyl (C=O) groups is 4. The van der Waals surface area contributed by atoms with Gasteiger partial charge in [0.15, 0.2) is 0 Å². The normalized spacial score (nSPS) is 10.9. The maximum Gasteiger partial charge on any atom is 0.317 e. The van der Waals surface area contributed by atoms with Crippen LogP contribution in [-0.4, -0.2) is 94.9 Å². The van der Waals surface area contributed by atoms with E-state index in [1.54, 1.807) is 0 Å². The number of carbonyl (C=O) groups excluding carboxylic acids is 1. The molecule has 0 bridgehead atoms. The van der Waals surface area contributed by atoms with Gasteiger partial charge in [-0.2, -0.15) is 0 Å². The minimum absolute atomic E-state index is 0.0239. The lowest BCUT2D eigenvalue weighted by atomic mass is 10.2. The van der Waals surface area contributed by atoms with Gasteiger partial charge in [0, 0.05) is 26.1 Å². The number of hydrogen-bond acceptors (Lipinski definition) is 7. The van der Waals surface area contributed by atoms with Crippen LogP contribution < -0.4 is 0 Å². The van der Waals surface area contributed by atoms with Gasteiger partial charge in [0.05, 0.1) is 19.6 Å². The van der Waals surface area contributed by atoms with Crippen LogP contribution in [0.25, 0.3) is 0 Å². The van der Waals surface area contributed by atoms with E-state index < -0.39 is 31.0 Å². The first kappa shape index (κ1) is 23.8. The SMILES string of the molecule is CCCCCC(=O)OCCN(CCN(CC(=O)O)CC(=O)O)CC(=O)O. The number of esters is 1. The molecule has 0 aliphatic rings. The second-order valence-electron chi connectivity index (χ2n) is 5.85. The highest BCUT2D eigenvalue weighted by molar-refractivity contribution is 5.72. The van der Waals surface area contributed by atoms with E-state index in [-0.39, 0.29) is 38.8 Å². The van der Waals surface area contributed by atoms with Crippen molar-refractivity contribution >= 4 is 23.9 Å². The highest BCUT2D eigenvalue weighted by Crippen LogP contribution is 2.01. The number of rotatable bonds is 16. The Morgan fingerprint density at radius 2 is 1.27 bits per heavy atom. The van der Waals surface area contributed by atoms with Gasteiger partial charge in [0.25, 0.3) is 0 Å². The molecule has 0 radical (unpaired) electrons. The van der Waals surface area contributed by atoms with Gasteiger partial charge >= 0.3 is 23.9 Å². The summed E-state index contributed by atoms with van der Waals surface area (Å²) in [6.45, 7) is 1.18. The molecule has 150 valence electrons. The Morgan fingerprint density at radius 1 is 0.769 bits per heavy atom. The average molecular weight is 376 g/mol. The number of carboxylic acid groups (broad SMARTS) is 3. The van der Waals surface area contributed by atoms with Crippen molar-refractivity contribution in [3.05, 3.63) is 0 Å². The zero-order chi connectivity index (χ0) is 19.9. The quantitative estimate of drug-likeness (QED) is 0.248. The van der Waals surface area contributed by atoms with Crippen LogP contribution >= 0.6 is 0 Å². The highest BCUT2D eigenvalue weighted by Gasteiger charge is 2.17. The number of ether oxygens (including phenoxy) is 1. The second-order valence-corrected chi connectivity index (χ2v) is 5.85. The lowest BCUT2D eigenvalue weighted by Gasteiger charge is -2.24. The standard InChI is InChI=1S/C16H28N2O8/c1-2-3-4-5-16(25)26-9-8-17(10-13(19)20)6-7-18(11-14(21)22)12-15(23)24/h2-12H2,1H3,(H,19,20)(H,21,22)(H,23,24). The summed E-state index contributed by atoms with van der Waals surface area (Å²) < 4.78 is 5.06. The van der Waals surface area contributed by atoms with Crippen molar-refractivity contribution in [2.24, 2.45) is 0 Å². The number of aliphatic carboxylic acids is 3. The molecule has 0 aromatic rings. The van der Waals surface area contributed by atoms with Gasteiger partial charge in [0.1, 0.15) is 6.61 Å². The zero-order valence-electron chi connectivity index (χ0n) is 15.1. The molecule has 0 rings (SSSR count). The molecule has 0 saturated carbocycles. The fraction of sp³-hybridized carbons (Fsp3) is 0.750. The summed E-state index contributed by atoms with van der Waals surface area (Å²) in [5.74, 6) is -3.76. The second kappa shape index (κ2) is 14.0. The first-order chi connectivity index (χ1) is 12.2. The van der Waals surface area contributed by atoms with Gasteiger partial charge in [-0.15, -0.1) is 0 Å². The molecule has 0 aromatic heterocycles. The first-order valence-electron chi connectivity index (χ1n) is 8.50. The largest absolute Gasteiger partial charge is 0.480 e. The van der Waals surface area contributed by atoms with Crippen molar-refractivity contribution in [2.75, 3.05) is 45.9 Å². The van der Waals surface area contributed by atoms with Crippen LogP contribution in [0.2, 0.25) is 0 Å². The molecule has 0 aliphatic carbocycles. The molecule has 0 amide bonds. The van der Waals surface area contributed by atoms with E-state index >= 15 is 0 Å². The van der Waals surface area contributed by atoms with Crippen molar-refractivity contribution < 1.29 is 39.2 Å². The summed E-state index contributed by atoms with van der Waals surface area (Å²) in [4.78, 5) is 46.7. The lowest BCUT2D eigenvalue weighted by Crippen LogP contribution is -2.42. The summed E-state index contributed by atoms with van der Waals surface area (Å²) in [5.41, 5.74) is 0. The van der Waals surface area contributed by atoms with E-state index in [0.717, 1.165) is 19.3 Å². The molecule has 3 N–H and O–H groups in total. The molecule has 26 heavy (non-hydrogen) atoms. The van der Waals surface area contributed by atoms with Gasteiger partial charge in [-0.25, -0.2) is 0 Å². The molecular weight excluding hydrogens is 348 g/mol. The molecule has 0 heterocycles. The van der Waals surface area contributed by atoms with Crippen LogP contribution in [0.3, 0.4) is 0 Å². The Morgan fingerprint density at radius 3 is 1.77 bits per heavy atom. The summed E-state index contributed by atoms with van der Waals surface area (Å²) in [6, 6.07) is 0. The van der Waals surface area contributed by atoms with Gasteiger partial charge in [-0.3, -0.25) is 29.0 Å². The molecule has 0 spiro atoms. The van der Waals surface area contributed by atoms with Crippen LogP contribution in [0.15, 0.2) is 0 Å². The third-order valence-electron chi connectivity index (χ3n) is 3.46. The summed E-state index contributed by atoms with van der Waals surface area (Å²) >= 11 is 0. The van der Waals surface area contributed by atoms with Gasteiger partial charge in [-0.1, -0.05) is 19.8 Å². The highest BCUT2D eigenvalue weighted by atomic mass is 16.5. The average Bonchev–Trinajstić information content (AvgIpc) is 2.50. The van der Waals surface area contributed by atoms with Crippen LogP contribution in [0.1, 0.15) is 32.6 Å². The zero-order valence-corrected chi connectivity index (χ0v) is 15.1. The van der Waals surface area contributed by atoms with E-state index in [9.17, 15) is 19.2 Å². The van der Waals surface area contributed by atoms with Crippen molar-refractivity contribution in [3.8, 4) is 0 Å². The van der Waals surface area contributed by atoms with Crippen molar-refractivity contribution in [1.29, 1.82) is 0 Å². The van der Waals surface area contributed by atoms with Crippen LogP contribution in [-0.2, 0) is 23.9 Å². The van der Waals surface area contributed by atoms with E-state index in [2.05, 4.69) is 0 Å². The Bertz CT molecular complexity index is 453. The lowest BCUT2D eigenvalue weighted by molar-refractivity contribution is -0.146. The third-order valence-corrected chi connectivity index (χ3v) is 3.46. The summed E-state index contributed by atoms with van der Waals surface area (Å²) in [6.07, 6.45) is 2.98. The first-order valence-corrected chi connectivity index (χ1v) is 8.50. The molecule has 0 fully saturated rings. The predicted molar refractivity (Wildman–Crippen MR) is 90.9 cm³/mol. The monoisotopic (exact) mass is 376 g/mol. The van der Waals surface area contributed by atoms with Crippen molar-refractivity contribution in [2.45, 2.75) is 32.6 Å². The van der Waals surface area contributed by atoms with Crippen LogP contribution in [0.4, 0.5) is 0 Å². The molecule has 0 aromatic carbocycles. The van der Waals surface area contributed by atoms with Crippen molar-refractivity contribution in [1.82, 2.24) is 9.80 Å². The smallest absolute Gasteiger partial charge is 0.317 e. The van der Waals surface area contributed by atoms with E-state index in [0.29, 0.717) is 6.42 Å². The number of unbranched alkanes of at least 4 members (excludes halogenated alkanes) is 2. The summed E-state index contributed by atoms with van der Waals surface area (Å²) in [5, 5.41) is 26.5. The van der Waals surface area contributed by atoms with Crippen LogP contribution in [0, 0.1) is 0 Å². The fourth-order valence-corrected chi connectivity index (χ4v) is 2.22. The van der Waals surface area contributed by atoms with Crippen molar-refractivity contribution in [3.63, 3.8) is 0 Å². The molecule has 10 heteroatoms. The Kier molecular flexibility index (Phi) is 12.8. The molecular formula is C16H28N2O8. The number of hydrogen-bond donors (Lipinski definition) is 3. The van der Waals surface area contributed by atoms with E-state index in [1.807, 2.05) is 6.92 Å². The molecule has 0 atom stereocenters. The van der Waals surface area contributed by atoms with E-state index in [1.165, 1.54) is 9.80 Å². The minimum atomic E-state index is -1.17. The number of carboxylic acids is 3. The van der Waals surface area contributed by atoms with E-state index in [4.69, 9.17) is 20.1 Å². The maximum atomic E-state index is 11.5. The van der Waals surface area contributed by atoms with Gasteiger partial charge < -0.3 is 20.1 Å². The molecule has 0 unspecified atom stereocenters. The predicted octanol–water partition coefficient (Wildman–Crippen LogP) is -0.0323. The van der Waals surface area contributed by atoms with Gasteiger partial charge in [0.2, 0.25) is 0 Å². The van der Waals surface area contributed by atoms with Gasteiger partial charge in [-0.05, 0) is 6.42 Å².